The summed E-state index contributed by atoms with van der Waals surface area (Å²) in [5.41, 5.74) is 1.14. The molecule has 2 saturated carbocycles. The maximum absolute atomic E-state index is 4.76. The van der Waals surface area contributed by atoms with Crippen molar-refractivity contribution < 1.29 is 0 Å². The van der Waals surface area contributed by atoms with Gasteiger partial charge in [0.1, 0.15) is 5.01 Å². The van der Waals surface area contributed by atoms with Gasteiger partial charge in [0.15, 0.2) is 0 Å². The largest absolute Gasteiger partial charge is 0.308 e. The minimum atomic E-state index is 0.381. The molecular weight excluding hydrogens is 264 g/mol. The molecule has 1 aromatic heterocycles. The van der Waals surface area contributed by atoms with Gasteiger partial charge in [-0.1, -0.05) is 18.6 Å². The molecule has 4 unspecified atom stereocenters. The first-order valence-electron chi connectivity index (χ1n) is 7.88. The van der Waals surface area contributed by atoms with Gasteiger partial charge >= 0.3 is 0 Å². The van der Waals surface area contributed by atoms with Gasteiger partial charge in [0.05, 0.1) is 16.3 Å². The maximum Gasteiger partial charge on any atom is 0.111 e. The molecule has 1 heterocycles. The zero-order chi connectivity index (χ0) is 13.5. The molecule has 106 valence electrons. The number of nitrogens with one attached hydrogen (secondary N) is 1. The summed E-state index contributed by atoms with van der Waals surface area (Å²) in [5.74, 6) is 2.98. The third kappa shape index (κ3) is 2.27. The number of rotatable bonds is 4. The molecule has 1 N–H and O–H groups in total. The molecule has 0 aliphatic heterocycles. The molecule has 4 atom stereocenters. The van der Waals surface area contributed by atoms with Crippen molar-refractivity contribution in [3.05, 3.63) is 29.3 Å². The standard InChI is InChI=1S/C17H22N2S/c1-11(17-19-15-4-2-3-5-16(15)20-17)18-10-14-9-12-6-7-13(14)8-12/h2-5,11-14,18H,6-10H2,1H3. The number of fused-ring (bicyclic) bond motifs is 3. The highest BCUT2D eigenvalue weighted by Gasteiger charge is 2.39. The minimum Gasteiger partial charge on any atom is -0.308 e. The Morgan fingerprint density at radius 3 is 2.95 bits per heavy atom. The van der Waals surface area contributed by atoms with Crippen molar-refractivity contribution in [2.24, 2.45) is 17.8 Å². The summed E-state index contributed by atoms with van der Waals surface area (Å²) >= 11 is 1.83. The van der Waals surface area contributed by atoms with E-state index in [4.69, 9.17) is 4.98 Å². The van der Waals surface area contributed by atoms with Crippen molar-refractivity contribution in [3.8, 4) is 0 Å². The van der Waals surface area contributed by atoms with Gasteiger partial charge in [-0.05, 0) is 62.6 Å². The van der Waals surface area contributed by atoms with Crippen LogP contribution in [0.3, 0.4) is 0 Å². The fraction of sp³-hybridized carbons (Fsp3) is 0.588. The van der Waals surface area contributed by atoms with Crippen LogP contribution >= 0.6 is 11.3 Å². The van der Waals surface area contributed by atoms with Crippen LogP contribution in [-0.4, -0.2) is 11.5 Å². The third-order valence-electron chi connectivity index (χ3n) is 5.25. The van der Waals surface area contributed by atoms with Crippen LogP contribution in [0.4, 0.5) is 0 Å². The first kappa shape index (κ1) is 12.8. The van der Waals surface area contributed by atoms with Gasteiger partial charge in [0.2, 0.25) is 0 Å². The SMILES string of the molecule is CC(NCC1CC2CCC1C2)c1nc2ccccc2s1. The lowest BCUT2D eigenvalue weighted by atomic mass is 9.89. The molecule has 2 bridgehead atoms. The molecule has 3 heteroatoms. The predicted molar refractivity (Wildman–Crippen MR) is 85.0 cm³/mol. The van der Waals surface area contributed by atoms with E-state index in [2.05, 4.69) is 36.5 Å². The van der Waals surface area contributed by atoms with E-state index >= 15 is 0 Å². The van der Waals surface area contributed by atoms with E-state index in [0.29, 0.717) is 6.04 Å². The van der Waals surface area contributed by atoms with E-state index in [0.717, 1.165) is 23.3 Å². The smallest absolute Gasteiger partial charge is 0.111 e. The van der Waals surface area contributed by atoms with Crippen LogP contribution in [0.5, 0.6) is 0 Å². The van der Waals surface area contributed by atoms with Crippen molar-refractivity contribution in [1.29, 1.82) is 0 Å². The molecule has 2 aliphatic rings. The summed E-state index contributed by atoms with van der Waals surface area (Å²) < 4.78 is 1.30. The van der Waals surface area contributed by atoms with Crippen LogP contribution in [-0.2, 0) is 0 Å². The van der Waals surface area contributed by atoms with E-state index in [1.807, 2.05) is 11.3 Å². The molecule has 2 fully saturated rings. The van der Waals surface area contributed by atoms with Gasteiger partial charge < -0.3 is 5.32 Å². The summed E-state index contributed by atoms with van der Waals surface area (Å²) in [5, 5.41) is 4.97. The number of thiazole rings is 1. The molecule has 0 spiro atoms. The average Bonchev–Trinajstić information content (AvgIpc) is 3.18. The molecule has 2 nitrogen and oxygen atoms in total. The summed E-state index contributed by atoms with van der Waals surface area (Å²) in [6.07, 6.45) is 5.94. The maximum atomic E-state index is 4.76. The quantitative estimate of drug-likeness (QED) is 0.902. The van der Waals surface area contributed by atoms with Crippen LogP contribution in [0.25, 0.3) is 10.2 Å². The molecule has 0 amide bonds. The van der Waals surface area contributed by atoms with Gasteiger partial charge in [-0.2, -0.15) is 0 Å². The summed E-state index contributed by atoms with van der Waals surface area (Å²) in [7, 11) is 0. The summed E-state index contributed by atoms with van der Waals surface area (Å²) in [4.78, 5) is 4.76. The van der Waals surface area contributed by atoms with Crippen molar-refractivity contribution in [2.45, 2.75) is 38.6 Å². The zero-order valence-corrected chi connectivity index (χ0v) is 12.8. The normalized spacial score (nSPS) is 30.1. The first-order valence-corrected chi connectivity index (χ1v) is 8.70. The summed E-state index contributed by atoms with van der Waals surface area (Å²) in [6.45, 7) is 3.43. The number of aromatic nitrogens is 1. The number of hydrogen-bond donors (Lipinski definition) is 1. The highest BCUT2D eigenvalue weighted by Crippen LogP contribution is 2.48. The van der Waals surface area contributed by atoms with Crippen molar-refractivity contribution >= 4 is 21.6 Å². The van der Waals surface area contributed by atoms with Crippen molar-refractivity contribution in [2.75, 3.05) is 6.54 Å². The predicted octanol–water partition coefficient (Wildman–Crippen LogP) is 4.38. The van der Waals surface area contributed by atoms with Crippen LogP contribution < -0.4 is 5.32 Å². The van der Waals surface area contributed by atoms with Gasteiger partial charge in [-0.3, -0.25) is 0 Å². The Morgan fingerprint density at radius 1 is 1.30 bits per heavy atom. The monoisotopic (exact) mass is 286 g/mol. The van der Waals surface area contributed by atoms with Gasteiger partial charge in [0, 0.05) is 0 Å². The second kappa shape index (κ2) is 5.12. The lowest BCUT2D eigenvalue weighted by Crippen LogP contribution is -2.28. The van der Waals surface area contributed by atoms with Gasteiger partial charge in [0.25, 0.3) is 0 Å². The zero-order valence-electron chi connectivity index (χ0n) is 12.0. The lowest BCUT2D eigenvalue weighted by molar-refractivity contribution is 0.309. The highest BCUT2D eigenvalue weighted by atomic mass is 32.1. The summed E-state index contributed by atoms with van der Waals surface area (Å²) in [6, 6.07) is 8.82. The second-order valence-electron chi connectivity index (χ2n) is 6.58. The van der Waals surface area contributed by atoms with Crippen molar-refractivity contribution in [1.82, 2.24) is 10.3 Å². The number of benzene rings is 1. The van der Waals surface area contributed by atoms with Crippen LogP contribution in [0, 0.1) is 17.8 Å². The Kier molecular flexibility index (Phi) is 3.27. The molecule has 4 rings (SSSR count). The number of para-hydroxylation sites is 1. The van der Waals surface area contributed by atoms with Gasteiger partial charge in [-0.15, -0.1) is 11.3 Å². The molecule has 2 aromatic rings. The van der Waals surface area contributed by atoms with Crippen LogP contribution in [0.2, 0.25) is 0 Å². The number of hydrogen-bond acceptors (Lipinski definition) is 3. The lowest BCUT2D eigenvalue weighted by Gasteiger charge is -2.23. The Morgan fingerprint density at radius 2 is 2.20 bits per heavy atom. The number of nitrogens with zero attached hydrogens (tertiary/aromatic N) is 1. The van der Waals surface area contributed by atoms with E-state index in [9.17, 15) is 0 Å². The topological polar surface area (TPSA) is 24.9 Å². The van der Waals surface area contributed by atoms with E-state index in [1.165, 1.54) is 41.9 Å². The molecule has 0 saturated heterocycles. The Balaban J connectivity index is 1.41. The van der Waals surface area contributed by atoms with E-state index in [1.54, 1.807) is 0 Å². The van der Waals surface area contributed by atoms with Crippen LogP contribution in [0.15, 0.2) is 24.3 Å². The molecular formula is C17H22N2S. The molecule has 2 aliphatic carbocycles. The van der Waals surface area contributed by atoms with E-state index < -0.39 is 0 Å². The molecule has 20 heavy (non-hydrogen) atoms. The Labute approximate surface area is 124 Å². The molecule has 1 aromatic carbocycles. The Hall–Kier alpha value is -0.930. The van der Waals surface area contributed by atoms with Gasteiger partial charge in [-0.25, -0.2) is 4.98 Å². The highest BCUT2D eigenvalue weighted by molar-refractivity contribution is 7.18. The average molecular weight is 286 g/mol. The Bertz CT molecular complexity index is 573. The van der Waals surface area contributed by atoms with Crippen molar-refractivity contribution in [3.63, 3.8) is 0 Å². The molecule has 0 radical (unpaired) electrons. The fourth-order valence-corrected chi connectivity index (χ4v) is 5.11. The first-order chi connectivity index (χ1) is 9.79. The minimum absolute atomic E-state index is 0.381. The van der Waals surface area contributed by atoms with E-state index in [-0.39, 0.29) is 0 Å². The fourth-order valence-electron chi connectivity index (χ4n) is 4.12. The third-order valence-corrected chi connectivity index (χ3v) is 6.47. The van der Waals surface area contributed by atoms with Crippen LogP contribution in [0.1, 0.15) is 43.7 Å². The second-order valence-corrected chi connectivity index (χ2v) is 7.65.